The van der Waals surface area contributed by atoms with Crippen LogP contribution in [0.5, 0.6) is 0 Å². The lowest BCUT2D eigenvalue weighted by atomic mass is 10.1. The van der Waals surface area contributed by atoms with E-state index >= 15 is 0 Å². The predicted molar refractivity (Wildman–Crippen MR) is 75.3 cm³/mol. The lowest BCUT2D eigenvalue weighted by Crippen LogP contribution is -2.13. The highest BCUT2D eigenvalue weighted by Crippen LogP contribution is 2.16. The molecule has 1 amide bonds. The Balaban J connectivity index is 0.00000162. The highest BCUT2D eigenvalue weighted by molar-refractivity contribution is 6.04. The fourth-order valence-electron chi connectivity index (χ4n) is 1.64. The number of halogens is 1. The molecule has 0 atom stereocenters. The third-order valence-corrected chi connectivity index (χ3v) is 2.57. The van der Waals surface area contributed by atoms with E-state index in [9.17, 15) is 4.79 Å². The molecule has 3 nitrogen and oxygen atoms in total. The van der Waals surface area contributed by atoms with E-state index in [2.05, 4.69) is 17.2 Å². The number of aryl methyl sites for hydroxylation is 1. The van der Waals surface area contributed by atoms with Crippen LogP contribution in [0.2, 0.25) is 0 Å². The molecular formula is C14H15ClN2O. The van der Waals surface area contributed by atoms with E-state index in [0.717, 1.165) is 17.7 Å². The first-order valence-corrected chi connectivity index (χ1v) is 5.60. The van der Waals surface area contributed by atoms with Crippen LogP contribution in [0, 0.1) is 0 Å². The Labute approximate surface area is 113 Å². The topological polar surface area (TPSA) is 42.0 Å². The van der Waals surface area contributed by atoms with E-state index in [1.165, 1.54) is 0 Å². The SMILES string of the molecule is CCc1ccccc1NC(=O)c1cccnc1.Cl. The first-order chi connectivity index (χ1) is 8.31. The molecule has 0 saturated heterocycles. The lowest BCUT2D eigenvalue weighted by Gasteiger charge is -2.09. The van der Waals surface area contributed by atoms with Crippen LogP contribution in [0.25, 0.3) is 0 Å². The van der Waals surface area contributed by atoms with Gasteiger partial charge in [-0.2, -0.15) is 0 Å². The summed E-state index contributed by atoms with van der Waals surface area (Å²) in [5, 5.41) is 2.90. The van der Waals surface area contributed by atoms with Crippen molar-refractivity contribution in [1.82, 2.24) is 4.98 Å². The summed E-state index contributed by atoms with van der Waals surface area (Å²) >= 11 is 0. The fourth-order valence-corrected chi connectivity index (χ4v) is 1.64. The van der Waals surface area contributed by atoms with Crippen LogP contribution in [0.15, 0.2) is 48.8 Å². The minimum atomic E-state index is -0.126. The van der Waals surface area contributed by atoms with Crippen LogP contribution in [-0.2, 0) is 6.42 Å². The number of carbonyl (C=O) groups is 1. The molecule has 0 radical (unpaired) electrons. The zero-order valence-electron chi connectivity index (χ0n) is 10.1. The van der Waals surface area contributed by atoms with Gasteiger partial charge in [0.1, 0.15) is 0 Å². The molecule has 1 N–H and O–H groups in total. The molecule has 0 aliphatic rings. The molecule has 1 heterocycles. The van der Waals surface area contributed by atoms with Crippen LogP contribution in [-0.4, -0.2) is 10.9 Å². The van der Waals surface area contributed by atoms with Crippen molar-refractivity contribution in [2.24, 2.45) is 0 Å². The second-order valence-electron chi connectivity index (χ2n) is 3.71. The molecule has 0 unspecified atom stereocenters. The lowest BCUT2D eigenvalue weighted by molar-refractivity contribution is 0.102. The number of nitrogens with one attached hydrogen (secondary N) is 1. The number of amides is 1. The third kappa shape index (κ3) is 3.31. The van der Waals surface area contributed by atoms with Crippen molar-refractivity contribution in [1.29, 1.82) is 0 Å². The average Bonchev–Trinajstić information content (AvgIpc) is 2.40. The zero-order chi connectivity index (χ0) is 12.1. The Hall–Kier alpha value is -1.87. The maximum atomic E-state index is 11.9. The van der Waals surface area contributed by atoms with E-state index in [1.54, 1.807) is 24.5 Å². The number of nitrogens with zero attached hydrogens (tertiary/aromatic N) is 1. The maximum Gasteiger partial charge on any atom is 0.257 e. The third-order valence-electron chi connectivity index (χ3n) is 2.57. The molecule has 1 aromatic carbocycles. The number of anilines is 1. The molecule has 0 fully saturated rings. The normalized spacial score (nSPS) is 9.39. The fraction of sp³-hybridized carbons (Fsp3) is 0.143. The molecule has 1 aromatic heterocycles. The van der Waals surface area contributed by atoms with E-state index in [-0.39, 0.29) is 18.3 Å². The Bertz CT molecular complexity index is 514. The van der Waals surface area contributed by atoms with Crippen LogP contribution in [0.4, 0.5) is 5.69 Å². The molecule has 0 bridgehead atoms. The monoisotopic (exact) mass is 262 g/mol. The van der Waals surface area contributed by atoms with Crippen molar-refractivity contribution in [2.75, 3.05) is 5.32 Å². The second-order valence-corrected chi connectivity index (χ2v) is 3.71. The van der Waals surface area contributed by atoms with Crippen molar-refractivity contribution in [2.45, 2.75) is 13.3 Å². The van der Waals surface area contributed by atoms with Crippen molar-refractivity contribution in [3.8, 4) is 0 Å². The second kappa shape index (κ2) is 6.77. The van der Waals surface area contributed by atoms with Crippen molar-refractivity contribution in [3.63, 3.8) is 0 Å². The summed E-state index contributed by atoms with van der Waals surface area (Å²) in [4.78, 5) is 15.9. The van der Waals surface area contributed by atoms with Gasteiger partial charge in [0.05, 0.1) is 5.56 Å². The molecular weight excluding hydrogens is 248 g/mol. The van der Waals surface area contributed by atoms with Gasteiger partial charge in [-0.05, 0) is 30.2 Å². The number of para-hydroxylation sites is 1. The van der Waals surface area contributed by atoms with Crippen molar-refractivity contribution in [3.05, 3.63) is 59.9 Å². The summed E-state index contributed by atoms with van der Waals surface area (Å²) in [5.74, 6) is -0.126. The summed E-state index contributed by atoms with van der Waals surface area (Å²) in [6.45, 7) is 2.06. The Morgan fingerprint density at radius 1 is 1.22 bits per heavy atom. The standard InChI is InChI=1S/C14H14N2O.ClH/c1-2-11-6-3-4-8-13(11)16-14(17)12-7-5-9-15-10-12;/h3-10H,2H2,1H3,(H,16,17);1H. The summed E-state index contributed by atoms with van der Waals surface area (Å²) in [5.41, 5.74) is 2.56. The van der Waals surface area contributed by atoms with Gasteiger partial charge in [-0.25, -0.2) is 0 Å². The van der Waals surface area contributed by atoms with E-state index < -0.39 is 0 Å². The van der Waals surface area contributed by atoms with Crippen LogP contribution >= 0.6 is 12.4 Å². The van der Waals surface area contributed by atoms with Crippen LogP contribution in [0.3, 0.4) is 0 Å². The van der Waals surface area contributed by atoms with Gasteiger partial charge in [-0.1, -0.05) is 25.1 Å². The van der Waals surface area contributed by atoms with E-state index in [1.807, 2.05) is 24.3 Å². The predicted octanol–water partition coefficient (Wildman–Crippen LogP) is 3.32. The minimum Gasteiger partial charge on any atom is -0.322 e. The van der Waals surface area contributed by atoms with Crippen molar-refractivity contribution >= 4 is 24.0 Å². The molecule has 0 aliphatic heterocycles. The quantitative estimate of drug-likeness (QED) is 0.922. The van der Waals surface area contributed by atoms with Crippen molar-refractivity contribution < 1.29 is 4.79 Å². The molecule has 18 heavy (non-hydrogen) atoms. The van der Waals surface area contributed by atoms with E-state index in [0.29, 0.717) is 5.56 Å². The van der Waals surface area contributed by atoms with Gasteiger partial charge in [0, 0.05) is 18.1 Å². The van der Waals surface area contributed by atoms with Gasteiger partial charge in [0.15, 0.2) is 0 Å². The molecule has 0 spiro atoms. The summed E-state index contributed by atoms with van der Waals surface area (Å²) < 4.78 is 0. The number of hydrogen-bond donors (Lipinski definition) is 1. The molecule has 2 rings (SSSR count). The van der Waals surface area contributed by atoms with Gasteiger partial charge in [0.25, 0.3) is 5.91 Å². The maximum absolute atomic E-state index is 11.9. The number of pyridine rings is 1. The van der Waals surface area contributed by atoms with Gasteiger partial charge < -0.3 is 5.32 Å². The number of hydrogen-bond acceptors (Lipinski definition) is 2. The molecule has 94 valence electrons. The first kappa shape index (κ1) is 14.2. The van der Waals surface area contributed by atoms with Gasteiger partial charge in [-0.15, -0.1) is 12.4 Å². The molecule has 0 saturated carbocycles. The summed E-state index contributed by atoms with van der Waals surface area (Å²) in [6, 6.07) is 11.3. The smallest absolute Gasteiger partial charge is 0.257 e. The Morgan fingerprint density at radius 2 is 2.00 bits per heavy atom. The molecule has 0 aliphatic carbocycles. The minimum absolute atomic E-state index is 0. The number of rotatable bonds is 3. The summed E-state index contributed by atoms with van der Waals surface area (Å²) in [7, 11) is 0. The summed E-state index contributed by atoms with van der Waals surface area (Å²) in [6.07, 6.45) is 4.10. The Morgan fingerprint density at radius 3 is 2.67 bits per heavy atom. The highest BCUT2D eigenvalue weighted by atomic mass is 35.5. The average molecular weight is 263 g/mol. The number of benzene rings is 1. The number of carbonyl (C=O) groups excluding carboxylic acids is 1. The van der Waals surface area contributed by atoms with Gasteiger partial charge in [0.2, 0.25) is 0 Å². The van der Waals surface area contributed by atoms with Gasteiger partial charge >= 0.3 is 0 Å². The highest BCUT2D eigenvalue weighted by Gasteiger charge is 2.07. The molecule has 4 heteroatoms. The van der Waals surface area contributed by atoms with Crippen LogP contribution in [0.1, 0.15) is 22.8 Å². The van der Waals surface area contributed by atoms with Crippen LogP contribution < -0.4 is 5.32 Å². The first-order valence-electron chi connectivity index (χ1n) is 5.60. The Kier molecular flexibility index (Phi) is 5.33. The van der Waals surface area contributed by atoms with Gasteiger partial charge in [-0.3, -0.25) is 9.78 Å². The largest absolute Gasteiger partial charge is 0.322 e. The van der Waals surface area contributed by atoms with E-state index in [4.69, 9.17) is 0 Å². The molecule has 2 aromatic rings. The zero-order valence-corrected chi connectivity index (χ0v) is 10.9. The number of aromatic nitrogens is 1.